The molecule has 4 nitrogen and oxygen atoms in total. The van der Waals surface area contributed by atoms with Crippen LogP contribution < -0.4 is 5.32 Å². The van der Waals surface area contributed by atoms with Gasteiger partial charge in [0.25, 0.3) is 0 Å². The molecule has 4 fully saturated rings. The molecule has 0 radical (unpaired) electrons. The van der Waals surface area contributed by atoms with Crippen LogP contribution in [-0.4, -0.2) is 31.3 Å². The molecule has 0 aromatic carbocycles. The Morgan fingerprint density at radius 1 is 1.23 bits per heavy atom. The summed E-state index contributed by atoms with van der Waals surface area (Å²) < 4.78 is 12.8. The summed E-state index contributed by atoms with van der Waals surface area (Å²) in [4.78, 5) is 12.3. The molecule has 5 heteroatoms. The molecule has 26 heavy (non-hydrogen) atoms. The maximum atomic E-state index is 12.3. The first kappa shape index (κ1) is 20.2. The van der Waals surface area contributed by atoms with Gasteiger partial charge < -0.3 is 14.6 Å². The summed E-state index contributed by atoms with van der Waals surface area (Å²) in [6.45, 7) is 14.0. The fourth-order valence-electron chi connectivity index (χ4n) is 5.51. The van der Waals surface area contributed by atoms with Crippen molar-refractivity contribution in [3.8, 4) is 0 Å². The summed E-state index contributed by atoms with van der Waals surface area (Å²) in [7, 11) is -0.198. The number of rotatable bonds is 8. The first-order valence-electron chi connectivity index (χ1n) is 10.8. The van der Waals surface area contributed by atoms with Crippen molar-refractivity contribution in [3.05, 3.63) is 0 Å². The van der Waals surface area contributed by atoms with Gasteiger partial charge in [-0.05, 0) is 43.4 Å². The number of hydrogen-bond acceptors (Lipinski definition) is 3. The molecule has 0 spiro atoms. The highest BCUT2D eigenvalue weighted by molar-refractivity contribution is 6.47. The lowest BCUT2D eigenvalue weighted by atomic mass is 9.43. The summed E-state index contributed by atoms with van der Waals surface area (Å²) in [5.41, 5.74) is 0.212. The Hall–Kier alpha value is -0.545. The zero-order chi connectivity index (χ0) is 19.1. The van der Waals surface area contributed by atoms with Crippen LogP contribution in [0.15, 0.2) is 0 Å². The molecule has 2 bridgehead atoms. The van der Waals surface area contributed by atoms with Crippen LogP contribution in [0.1, 0.15) is 80.1 Å². The van der Waals surface area contributed by atoms with Crippen LogP contribution in [0.2, 0.25) is 5.82 Å². The molecule has 6 atom stereocenters. The van der Waals surface area contributed by atoms with Crippen molar-refractivity contribution in [2.24, 2.45) is 23.2 Å². The fraction of sp³-hybridized carbons (Fsp3) is 0.952. The van der Waals surface area contributed by atoms with Crippen molar-refractivity contribution in [1.82, 2.24) is 5.32 Å². The molecule has 148 valence electrons. The van der Waals surface area contributed by atoms with E-state index in [1.165, 1.54) is 19.3 Å². The van der Waals surface area contributed by atoms with E-state index >= 15 is 0 Å². The third kappa shape index (κ3) is 3.46. The summed E-state index contributed by atoms with van der Waals surface area (Å²) >= 11 is 0. The maximum Gasteiger partial charge on any atom is 0.462 e. The summed E-state index contributed by atoms with van der Waals surface area (Å²) in [6, 6.07) is 0. The molecule has 1 saturated heterocycles. The van der Waals surface area contributed by atoms with Crippen molar-refractivity contribution in [1.29, 1.82) is 0 Å². The second kappa shape index (κ2) is 7.46. The smallest absolute Gasteiger partial charge is 0.405 e. The molecule has 1 aliphatic heterocycles. The van der Waals surface area contributed by atoms with Crippen LogP contribution >= 0.6 is 0 Å². The quantitative estimate of drug-likeness (QED) is 0.512. The fourth-order valence-corrected chi connectivity index (χ4v) is 5.51. The molecule has 0 aromatic rings. The third-order valence-corrected chi connectivity index (χ3v) is 7.72. The lowest BCUT2D eigenvalue weighted by molar-refractivity contribution is -0.199. The van der Waals surface area contributed by atoms with Gasteiger partial charge >= 0.3 is 7.12 Å². The molecule has 3 saturated carbocycles. The average Bonchev–Trinajstić information content (AvgIpc) is 2.96. The molecule has 0 aromatic heterocycles. The molecule has 3 aliphatic carbocycles. The standard InChI is InChI=1S/C21H38BNO3/c1-7-8-9-10-14(2)19(24)23-13-15(3)22-25-18-12-16-11-17(20(16,4)5)21(18,6)26-22/h14-18H,7-13H2,1-6H3,(H,23,24)/t14-,15+,16?,17?,18?,21+/m0/s1. The zero-order valence-electron chi connectivity index (χ0n) is 17.6. The largest absolute Gasteiger partial charge is 0.462 e. The minimum Gasteiger partial charge on any atom is -0.405 e. The average molecular weight is 363 g/mol. The van der Waals surface area contributed by atoms with Gasteiger partial charge in [0.2, 0.25) is 5.91 Å². The lowest BCUT2D eigenvalue weighted by Gasteiger charge is -2.64. The van der Waals surface area contributed by atoms with E-state index in [0.717, 1.165) is 25.2 Å². The highest BCUT2D eigenvalue weighted by atomic mass is 16.7. The number of carbonyl (C=O) groups excluding carboxylic acids is 1. The van der Waals surface area contributed by atoms with Crippen LogP contribution in [0.4, 0.5) is 0 Å². The Labute approximate surface area is 160 Å². The van der Waals surface area contributed by atoms with Gasteiger partial charge in [0.15, 0.2) is 0 Å². The number of hydrogen-bond donors (Lipinski definition) is 1. The first-order chi connectivity index (χ1) is 12.2. The van der Waals surface area contributed by atoms with Gasteiger partial charge in [-0.1, -0.05) is 53.9 Å². The van der Waals surface area contributed by atoms with Crippen LogP contribution in [0.3, 0.4) is 0 Å². The number of carbonyl (C=O) groups is 1. The van der Waals surface area contributed by atoms with Gasteiger partial charge in [-0.3, -0.25) is 4.79 Å². The van der Waals surface area contributed by atoms with E-state index in [4.69, 9.17) is 9.31 Å². The van der Waals surface area contributed by atoms with Crippen LogP contribution in [0.25, 0.3) is 0 Å². The molecule has 4 rings (SSSR count). The van der Waals surface area contributed by atoms with E-state index in [0.29, 0.717) is 17.9 Å². The van der Waals surface area contributed by atoms with E-state index in [1.54, 1.807) is 0 Å². The Balaban J connectivity index is 1.48. The topological polar surface area (TPSA) is 47.6 Å². The molecule has 1 amide bonds. The minimum atomic E-state index is -0.198. The Morgan fingerprint density at radius 3 is 2.62 bits per heavy atom. The van der Waals surface area contributed by atoms with Crippen molar-refractivity contribution >= 4 is 13.0 Å². The Kier molecular flexibility index (Phi) is 5.80. The second-order valence-corrected chi connectivity index (χ2v) is 9.96. The Morgan fingerprint density at radius 2 is 1.96 bits per heavy atom. The van der Waals surface area contributed by atoms with E-state index < -0.39 is 0 Å². The number of nitrogens with one attached hydrogen (secondary N) is 1. The lowest BCUT2D eigenvalue weighted by Crippen LogP contribution is -2.65. The predicted octanol–water partition coefficient (Wildman–Crippen LogP) is 4.44. The SMILES string of the molecule is CCCCC[C@H](C)C(=O)NC[C@@H](C)B1OC2CC3CC(C3(C)C)[C@@]2(C)O1. The summed E-state index contributed by atoms with van der Waals surface area (Å²) in [5, 5.41) is 3.12. The Bertz CT molecular complexity index is 525. The van der Waals surface area contributed by atoms with Gasteiger partial charge in [0, 0.05) is 18.3 Å². The molecule has 3 unspecified atom stereocenters. The highest BCUT2D eigenvalue weighted by Crippen LogP contribution is 2.66. The molecule has 4 aliphatic rings. The number of unbranched alkanes of at least 4 members (excludes halogenated alkanes) is 2. The summed E-state index contributed by atoms with van der Waals surface area (Å²) in [6.07, 6.45) is 7.11. The van der Waals surface area contributed by atoms with Gasteiger partial charge in [-0.25, -0.2) is 0 Å². The summed E-state index contributed by atoms with van der Waals surface area (Å²) in [5.74, 6) is 1.78. The molecular weight excluding hydrogens is 325 g/mol. The van der Waals surface area contributed by atoms with E-state index in [-0.39, 0.29) is 36.5 Å². The minimum absolute atomic E-state index is 0.0901. The molecular formula is C21H38BNO3. The van der Waals surface area contributed by atoms with E-state index in [2.05, 4.69) is 39.9 Å². The van der Waals surface area contributed by atoms with Crippen molar-refractivity contribution in [2.45, 2.75) is 97.6 Å². The van der Waals surface area contributed by atoms with Gasteiger partial charge in [0.05, 0.1) is 11.7 Å². The van der Waals surface area contributed by atoms with Gasteiger partial charge in [0.1, 0.15) is 0 Å². The first-order valence-corrected chi connectivity index (χ1v) is 10.8. The van der Waals surface area contributed by atoms with Crippen LogP contribution in [0.5, 0.6) is 0 Å². The van der Waals surface area contributed by atoms with Crippen molar-refractivity contribution in [2.75, 3.05) is 6.54 Å². The highest BCUT2D eigenvalue weighted by Gasteiger charge is 2.68. The molecule has 1 heterocycles. The van der Waals surface area contributed by atoms with E-state index in [1.807, 2.05) is 6.92 Å². The number of amides is 1. The van der Waals surface area contributed by atoms with Crippen molar-refractivity contribution < 1.29 is 14.1 Å². The van der Waals surface area contributed by atoms with Crippen LogP contribution in [0, 0.1) is 23.2 Å². The predicted molar refractivity (Wildman–Crippen MR) is 106 cm³/mol. The van der Waals surface area contributed by atoms with Gasteiger partial charge in [-0.15, -0.1) is 0 Å². The monoisotopic (exact) mass is 363 g/mol. The normalized spacial score (nSPS) is 36.8. The van der Waals surface area contributed by atoms with Crippen molar-refractivity contribution in [3.63, 3.8) is 0 Å². The molecule has 1 N–H and O–H groups in total. The third-order valence-electron chi connectivity index (χ3n) is 7.72. The second-order valence-electron chi connectivity index (χ2n) is 9.96. The van der Waals surface area contributed by atoms with E-state index in [9.17, 15) is 4.79 Å². The van der Waals surface area contributed by atoms with Gasteiger partial charge in [-0.2, -0.15) is 0 Å². The maximum absolute atomic E-state index is 12.3. The zero-order valence-corrected chi connectivity index (χ0v) is 17.6. The van der Waals surface area contributed by atoms with Crippen LogP contribution in [-0.2, 0) is 14.1 Å².